The molecule has 1 unspecified atom stereocenters. The van der Waals surface area contributed by atoms with Crippen LogP contribution in [0.25, 0.3) is 0 Å². The van der Waals surface area contributed by atoms with Gasteiger partial charge in [-0.15, -0.1) is 0 Å². The molecule has 0 bridgehead atoms. The Morgan fingerprint density at radius 1 is 1.07 bits per heavy atom. The van der Waals surface area contributed by atoms with Crippen molar-refractivity contribution in [2.75, 3.05) is 38.1 Å². The van der Waals surface area contributed by atoms with Crippen LogP contribution in [0.5, 0.6) is 0 Å². The van der Waals surface area contributed by atoms with Crippen LogP contribution in [0.15, 0.2) is 36.4 Å². The first-order chi connectivity index (χ1) is 13.8. The number of hydrogen-bond donors (Lipinski definition) is 0. The van der Waals surface area contributed by atoms with Crippen molar-refractivity contribution in [1.29, 1.82) is 0 Å². The van der Waals surface area contributed by atoms with Crippen molar-refractivity contribution < 1.29 is 18.7 Å². The standard InChI is InChI=1S/C22H24FN3O3/c1-14-11-18-19(12-15(14)2)21(29-22(28)25-9-7-24(3)8-10-25)26(20(18)27)17-6-4-5-16(23)13-17/h4-6,11-13,21H,7-10H2,1-3H3. The lowest BCUT2D eigenvalue weighted by molar-refractivity contribution is 0.0490. The lowest BCUT2D eigenvalue weighted by Gasteiger charge is -2.33. The van der Waals surface area contributed by atoms with Crippen LogP contribution in [0.3, 0.4) is 0 Å². The van der Waals surface area contributed by atoms with Gasteiger partial charge in [-0.3, -0.25) is 9.69 Å². The van der Waals surface area contributed by atoms with E-state index >= 15 is 0 Å². The maximum Gasteiger partial charge on any atom is 0.412 e. The SMILES string of the molecule is Cc1cc2c(cc1C)C(OC(=O)N1CCN(C)CC1)N(c1cccc(F)c1)C2=O. The van der Waals surface area contributed by atoms with Gasteiger partial charge in [0.25, 0.3) is 5.91 Å². The summed E-state index contributed by atoms with van der Waals surface area (Å²) < 4.78 is 19.7. The van der Waals surface area contributed by atoms with Gasteiger partial charge in [0.15, 0.2) is 0 Å². The molecule has 0 N–H and O–H groups in total. The van der Waals surface area contributed by atoms with Gasteiger partial charge in [-0.2, -0.15) is 0 Å². The average molecular weight is 397 g/mol. The second-order valence-corrected chi connectivity index (χ2v) is 7.71. The molecule has 0 aliphatic carbocycles. The van der Waals surface area contributed by atoms with Crippen LogP contribution in [0.1, 0.15) is 33.3 Å². The number of ether oxygens (including phenoxy) is 1. The number of benzene rings is 2. The van der Waals surface area contributed by atoms with Gasteiger partial charge < -0.3 is 14.5 Å². The Morgan fingerprint density at radius 2 is 1.76 bits per heavy atom. The first-order valence-corrected chi connectivity index (χ1v) is 9.69. The highest BCUT2D eigenvalue weighted by Gasteiger charge is 2.41. The monoisotopic (exact) mass is 397 g/mol. The van der Waals surface area contributed by atoms with Crippen LogP contribution >= 0.6 is 0 Å². The Kier molecular flexibility index (Phi) is 5.00. The predicted molar refractivity (Wildman–Crippen MR) is 107 cm³/mol. The molecule has 2 aliphatic heterocycles. The number of halogens is 1. The molecule has 2 aliphatic rings. The molecule has 4 rings (SSSR count). The lowest BCUT2D eigenvalue weighted by atomic mass is 10.0. The summed E-state index contributed by atoms with van der Waals surface area (Å²) in [7, 11) is 2.01. The zero-order chi connectivity index (χ0) is 20.7. The van der Waals surface area contributed by atoms with Gasteiger partial charge in [0, 0.05) is 37.3 Å². The van der Waals surface area contributed by atoms with Crippen LogP contribution < -0.4 is 4.90 Å². The van der Waals surface area contributed by atoms with E-state index in [-0.39, 0.29) is 5.91 Å². The Hall–Kier alpha value is -2.93. The number of carbonyl (C=O) groups is 2. The number of hydrogen-bond acceptors (Lipinski definition) is 4. The summed E-state index contributed by atoms with van der Waals surface area (Å²) in [6.45, 7) is 6.54. The number of fused-ring (bicyclic) bond motifs is 1. The number of aryl methyl sites for hydroxylation is 2. The topological polar surface area (TPSA) is 53.1 Å². The maximum atomic E-state index is 13.9. The molecule has 0 saturated carbocycles. The van der Waals surface area contributed by atoms with Crippen molar-refractivity contribution in [2.45, 2.75) is 20.1 Å². The third-order valence-electron chi connectivity index (χ3n) is 5.68. The summed E-state index contributed by atoms with van der Waals surface area (Å²) in [5.74, 6) is -0.757. The van der Waals surface area contributed by atoms with E-state index in [4.69, 9.17) is 4.74 Å². The molecule has 2 amide bonds. The van der Waals surface area contributed by atoms with Crippen LogP contribution in [-0.2, 0) is 4.74 Å². The molecule has 0 radical (unpaired) electrons. The summed E-state index contributed by atoms with van der Waals surface area (Å²) in [6.07, 6.45) is -1.39. The fraction of sp³-hybridized carbons (Fsp3) is 0.364. The van der Waals surface area contributed by atoms with Gasteiger partial charge in [-0.1, -0.05) is 6.07 Å². The minimum absolute atomic E-state index is 0.301. The van der Waals surface area contributed by atoms with Crippen molar-refractivity contribution in [2.24, 2.45) is 0 Å². The van der Waals surface area contributed by atoms with Crippen molar-refractivity contribution >= 4 is 17.7 Å². The van der Waals surface area contributed by atoms with Gasteiger partial charge in [0.1, 0.15) is 5.82 Å². The number of carbonyl (C=O) groups excluding carboxylic acids is 2. The van der Waals surface area contributed by atoms with E-state index in [2.05, 4.69) is 4.90 Å². The summed E-state index contributed by atoms with van der Waals surface area (Å²) >= 11 is 0. The number of amides is 2. The molecule has 1 atom stereocenters. The largest absolute Gasteiger partial charge is 0.420 e. The van der Waals surface area contributed by atoms with Crippen LogP contribution in [-0.4, -0.2) is 55.0 Å². The summed E-state index contributed by atoms with van der Waals surface area (Å²) in [5, 5.41) is 0. The fourth-order valence-electron chi connectivity index (χ4n) is 3.76. The van der Waals surface area contributed by atoms with E-state index in [9.17, 15) is 14.0 Å². The molecule has 7 heteroatoms. The second kappa shape index (κ2) is 7.48. The number of likely N-dealkylation sites (N-methyl/N-ethyl adjacent to an activating group) is 1. The Labute approximate surface area is 169 Å². The van der Waals surface area contributed by atoms with Crippen LogP contribution in [0.4, 0.5) is 14.9 Å². The molecule has 2 aromatic carbocycles. The van der Waals surface area contributed by atoms with Crippen LogP contribution in [0.2, 0.25) is 0 Å². The van der Waals surface area contributed by atoms with Crippen molar-refractivity contribution in [3.8, 4) is 0 Å². The summed E-state index contributed by atoms with van der Waals surface area (Å²) in [4.78, 5) is 31.2. The summed E-state index contributed by atoms with van der Waals surface area (Å²) in [5.41, 5.74) is 3.44. The third kappa shape index (κ3) is 3.58. The molecular formula is C22H24FN3O3. The first-order valence-electron chi connectivity index (χ1n) is 9.69. The van der Waals surface area contributed by atoms with E-state index in [1.807, 2.05) is 33.0 Å². The highest BCUT2D eigenvalue weighted by Crippen LogP contribution is 2.40. The third-order valence-corrected chi connectivity index (χ3v) is 5.68. The maximum absolute atomic E-state index is 13.9. The quantitative estimate of drug-likeness (QED) is 0.779. The zero-order valence-corrected chi connectivity index (χ0v) is 16.8. The zero-order valence-electron chi connectivity index (χ0n) is 16.8. The number of rotatable bonds is 2. The lowest BCUT2D eigenvalue weighted by Crippen LogP contribution is -2.48. The van der Waals surface area contributed by atoms with Gasteiger partial charge in [0.2, 0.25) is 6.23 Å². The smallest absolute Gasteiger partial charge is 0.412 e. The number of piperazine rings is 1. The molecule has 2 heterocycles. The summed E-state index contributed by atoms with van der Waals surface area (Å²) in [6, 6.07) is 9.46. The molecule has 152 valence electrons. The van der Waals surface area contributed by atoms with E-state index in [0.29, 0.717) is 29.9 Å². The Balaban J connectivity index is 1.70. The Bertz CT molecular complexity index is 970. The second-order valence-electron chi connectivity index (χ2n) is 7.71. The van der Waals surface area contributed by atoms with E-state index < -0.39 is 18.1 Å². The minimum atomic E-state index is -0.925. The highest BCUT2D eigenvalue weighted by molar-refractivity contribution is 6.11. The van der Waals surface area contributed by atoms with Gasteiger partial charge >= 0.3 is 6.09 Å². The molecular weight excluding hydrogens is 373 g/mol. The Morgan fingerprint density at radius 3 is 2.45 bits per heavy atom. The number of anilines is 1. The molecule has 0 spiro atoms. The van der Waals surface area contributed by atoms with Gasteiger partial charge in [-0.25, -0.2) is 9.18 Å². The van der Waals surface area contributed by atoms with Crippen molar-refractivity contribution in [3.05, 3.63) is 64.5 Å². The van der Waals surface area contributed by atoms with Crippen LogP contribution in [0, 0.1) is 19.7 Å². The molecule has 29 heavy (non-hydrogen) atoms. The average Bonchev–Trinajstić information content (AvgIpc) is 2.94. The molecule has 6 nitrogen and oxygen atoms in total. The molecule has 2 aromatic rings. The van der Waals surface area contributed by atoms with E-state index in [1.54, 1.807) is 11.0 Å². The highest BCUT2D eigenvalue weighted by atomic mass is 19.1. The van der Waals surface area contributed by atoms with Crippen molar-refractivity contribution in [1.82, 2.24) is 9.80 Å². The molecule has 1 saturated heterocycles. The van der Waals surface area contributed by atoms with Gasteiger partial charge in [0.05, 0.1) is 5.69 Å². The van der Waals surface area contributed by atoms with E-state index in [0.717, 1.165) is 24.2 Å². The fourth-order valence-corrected chi connectivity index (χ4v) is 3.76. The van der Waals surface area contributed by atoms with Crippen molar-refractivity contribution in [3.63, 3.8) is 0 Å². The number of nitrogens with zero attached hydrogens (tertiary/aromatic N) is 3. The normalized spacial score (nSPS) is 19.4. The predicted octanol–water partition coefficient (Wildman–Crippen LogP) is 3.49. The first kappa shape index (κ1) is 19.4. The molecule has 0 aromatic heterocycles. The minimum Gasteiger partial charge on any atom is -0.420 e. The van der Waals surface area contributed by atoms with E-state index in [1.165, 1.54) is 23.1 Å². The molecule has 1 fully saturated rings. The van der Waals surface area contributed by atoms with Gasteiger partial charge in [-0.05, 0) is 62.4 Å².